The zero-order valence-electron chi connectivity index (χ0n) is 12.5. The van der Waals surface area contributed by atoms with E-state index in [1.807, 2.05) is 0 Å². The van der Waals surface area contributed by atoms with E-state index in [4.69, 9.17) is 0 Å². The lowest BCUT2D eigenvalue weighted by atomic mass is 9.99. The van der Waals surface area contributed by atoms with Crippen LogP contribution in [-0.2, 0) is 4.79 Å². The molecule has 1 N–H and O–H groups in total. The number of piperidine rings is 1. The summed E-state index contributed by atoms with van der Waals surface area (Å²) in [6.45, 7) is -0.223. The molecule has 0 radical (unpaired) electrons. The van der Waals surface area contributed by atoms with Gasteiger partial charge in [0.25, 0.3) is 5.91 Å². The summed E-state index contributed by atoms with van der Waals surface area (Å²) in [6, 6.07) is 1.32. The van der Waals surface area contributed by atoms with Crippen molar-refractivity contribution in [3.8, 4) is 0 Å². The highest BCUT2D eigenvalue weighted by Crippen LogP contribution is 2.21. The number of hydrogen-bond acceptors (Lipinski definition) is 3. The summed E-state index contributed by atoms with van der Waals surface area (Å²) in [7, 11) is 0. The van der Waals surface area contributed by atoms with Crippen LogP contribution >= 0.6 is 0 Å². The molecule has 1 aromatic rings. The summed E-state index contributed by atoms with van der Waals surface area (Å²) in [5.74, 6) is -0.434. The van der Waals surface area contributed by atoms with Crippen molar-refractivity contribution in [1.82, 2.24) is 20.0 Å². The second-order valence-corrected chi connectivity index (χ2v) is 5.38. The minimum Gasteiger partial charge on any atom is -0.356 e. The number of likely N-dealkylation sites (tertiary alicyclic amines) is 1. The molecule has 1 atom stereocenters. The Hall–Kier alpha value is -1.99. The molecule has 1 aliphatic heterocycles. The van der Waals surface area contributed by atoms with Crippen LogP contribution in [0.25, 0.3) is 0 Å². The fraction of sp³-hybridized carbons (Fsp3) is 0.643. The Morgan fingerprint density at radius 2 is 2.23 bits per heavy atom. The van der Waals surface area contributed by atoms with Crippen molar-refractivity contribution in [3.63, 3.8) is 0 Å². The SMILES string of the molecule is CC(=O)NCC[C@H]1CCCCN1C(=O)c1ccn(C(F)F)n1. The number of carbonyl (C=O) groups is 2. The average Bonchev–Trinajstić information content (AvgIpc) is 2.97. The summed E-state index contributed by atoms with van der Waals surface area (Å²) >= 11 is 0. The van der Waals surface area contributed by atoms with Crippen LogP contribution in [0.4, 0.5) is 8.78 Å². The fourth-order valence-electron chi connectivity index (χ4n) is 2.69. The molecule has 2 rings (SSSR count). The maximum atomic E-state index is 12.5. The first-order valence-corrected chi connectivity index (χ1v) is 7.37. The van der Waals surface area contributed by atoms with Crippen LogP contribution in [0.5, 0.6) is 0 Å². The summed E-state index contributed by atoms with van der Waals surface area (Å²) in [5, 5.41) is 6.35. The first-order chi connectivity index (χ1) is 10.5. The van der Waals surface area contributed by atoms with Gasteiger partial charge in [-0.25, -0.2) is 4.68 Å². The van der Waals surface area contributed by atoms with Crippen LogP contribution < -0.4 is 5.32 Å². The molecule has 1 saturated heterocycles. The van der Waals surface area contributed by atoms with E-state index in [-0.39, 0.29) is 23.6 Å². The normalized spacial score (nSPS) is 18.5. The molecule has 0 aliphatic carbocycles. The molecule has 22 heavy (non-hydrogen) atoms. The van der Waals surface area contributed by atoms with Crippen LogP contribution in [0.3, 0.4) is 0 Å². The number of halogens is 2. The van der Waals surface area contributed by atoms with Gasteiger partial charge in [-0.15, -0.1) is 0 Å². The Bertz CT molecular complexity index is 533. The molecule has 0 spiro atoms. The smallest absolute Gasteiger partial charge is 0.333 e. The number of carbonyl (C=O) groups excluding carboxylic acids is 2. The van der Waals surface area contributed by atoms with E-state index in [0.717, 1.165) is 25.5 Å². The van der Waals surface area contributed by atoms with Crippen molar-refractivity contribution in [1.29, 1.82) is 0 Å². The molecule has 0 saturated carbocycles. The van der Waals surface area contributed by atoms with Gasteiger partial charge in [-0.3, -0.25) is 9.59 Å². The Morgan fingerprint density at radius 3 is 2.86 bits per heavy atom. The van der Waals surface area contributed by atoms with Crippen molar-refractivity contribution >= 4 is 11.8 Å². The number of alkyl halides is 2. The zero-order chi connectivity index (χ0) is 16.1. The van der Waals surface area contributed by atoms with Crippen molar-refractivity contribution in [2.75, 3.05) is 13.1 Å². The van der Waals surface area contributed by atoms with Gasteiger partial charge in [0, 0.05) is 32.3 Å². The number of nitrogens with one attached hydrogen (secondary N) is 1. The van der Waals surface area contributed by atoms with Crippen LogP contribution in [0, 0.1) is 0 Å². The van der Waals surface area contributed by atoms with E-state index < -0.39 is 6.55 Å². The van der Waals surface area contributed by atoms with E-state index in [0.29, 0.717) is 24.2 Å². The third kappa shape index (κ3) is 4.02. The molecule has 122 valence electrons. The van der Waals surface area contributed by atoms with Gasteiger partial charge >= 0.3 is 6.55 Å². The second kappa shape index (κ2) is 7.33. The molecule has 1 aromatic heterocycles. The molecule has 0 bridgehead atoms. The topological polar surface area (TPSA) is 67.2 Å². The fourth-order valence-corrected chi connectivity index (χ4v) is 2.69. The summed E-state index contributed by atoms with van der Waals surface area (Å²) in [6.07, 6.45) is 4.51. The van der Waals surface area contributed by atoms with Crippen molar-refractivity contribution in [2.45, 2.75) is 45.2 Å². The van der Waals surface area contributed by atoms with E-state index in [2.05, 4.69) is 10.4 Å². The van der Waals surface area contributed by atoms with Gasteiger partial charge in [0.05, 0.1) is 0 Å². The van der Waals surface area contributed by atoms with Crippen molar-refractivity contribution in [2.24, 2.45) is 0 Å². The van der Waals surface area contributed by atoms with Crippen LogP contribution in [0.1, 0.15) is 49.6 Å². The van der Waals surface area contributed by atoms with Gasteiger partial charge in [-0.1, -0.05) is 0 Å². The second-order valence-electron chi connectivity index (χ2n) is 5.38. The average molecular weight is 314 g/mol. The molecule has 0 aromatic carbocycles. The van der Waals surface area contributed by atoms with E-state index in [1.54, 1.807) is 4.90 Å². The first-order valence-electron chi connectivity index (χ1n) is 7.37. The number of hydrogen-bond donors (Lipinski definition) is 1. The van der Waals surface area contributed by atoms with Crippen molar-refractivity contribution in [3.05, 3.63) is 18.0 Å². The number of rotatable bonds is 5. The van der Waals surface area contributed by atoms with E-state index in [9.17, 15) is 18.4 Å². The highest BCUT2D eigenvalue weighted by molar-refractivity contribution is 5.92. The lowest BCUT2D eigenvalue weighted by Crippen LogP contribution is -2.45. The van der Waals surface area contributed by atoms with Gasteiger partial charge in [0.2, 0.25) is 5.91 Å². The quantitative estimate of drug-likeness (QED) is 0.901. The minimum absolute atomic E-state index is 0.00444. The number of aromatic nitrogens is 2. The summed E-state index contributed by atoms with van der Waals surface area (Å²) in [4.78, 5) is 25.1. The van der Waals surface area contributed by atoms with Gasteiger partial charge in [-0.05, 0) is 31.7 Å². The lowest BCUT2D eigenvalue weighted by Gasteiger charge is -2.35. The maximum Gasteiger partial charge on any atom is 0.333 e. The van der Waals surface area contributed by atoms with Gasteiger partial charge in [0.15, 0.2) is 5.69 Å². The Labute approximate surface area is 127 Å². The van der Waals surface area contributed by atoms with Crippen LogP contribution in [-0.4, -0.2) is 45.6 Å². The molecule has 2 heterocycles. The first kappa shape index (κ1) is 16.4. The molecule has 6 nitrogen and oxygen atoms in total. The minimum atomic E-state index is -2.75. The highest BCUT2D eigenvalue weighted by atomic mass is 19.3. The van der Waals surface area contributed by atoms with E-state index in [1.165, 1.54) is 13.0 Å². The van der Waals surface area contributed by atoms with Crippen LogP contribution in [0.2, 0.25) is 0 Å². The molecular formula is C14H20F2N4O2. The van der Waals surface area contributed by atoms with Gasteiger partial charge < -0.3 is 10.2 Å². The molecule has 8 heteroatoms. The molecule has 1 fully saturated rings. The Morgan fingerprint density at radius 1 is 1.45 bits per heavy atom. The molecular weight excluding hydrogens is 294 g/mol. The predicted molar refractivity (Wildman–Crippen MR) is 75.5 cm³/mol. The third-order valence-corrected chi connectivity index (χ3v) is 3.77. The van der Waals surface area contributed by atoms with Gasteiger partial charge in [-0.2, -0.15) is 13.9 Å². The predicted octanol–water partition coefficient (Wildman–Crippen LogP) is 1.80. The number of nitrogens with zero attached hydrogens (tertiary/aromatic N) is 3. The number of amides is 2. The Kier molecular flexibility index (Phi) is 5.46. The highest BCUT2D eigenvalue weighted by Gasteiger charge is 2.28. The van der Waals surface area contributed by atoms with Crippen molar-refractivity contribution < 1.29 is 18.4 Å². The van der Waals surface area contributed by atoms with Gasteiger partial charge in [0.1, 0.15) is 0 Å². The summed E-state index contributed by atoms with van der Waals surface area (Å²) < 4.78 is 25.6. The monoisotopic (exact) mass is 314 g/mol. The van der Waals surface area contributed by atoms with E-state index >= 15 is 0 Å². The lowest BCUT2D eigenvalue weighted by molar-refractivity contribution is -0.119. The maximum absolute atomic E-state index is 12.5. The summed E-state index contributed by atoms with van der Waals surface area (Å²) in [5.41, 5.74) is 0.0340. The third-order valence-electron chi connectivity index (χ3n) is 3.77. The van der Waals surface area contributed by atoms with Crippen LogP contribution in [0.15, 0.2) is 12.3 Å². The Balaban J connectivity index is 2.02. The zero-order valence-corrected chi connectivity index (χ0v) is 12.5. The largest absolute Gasteiger partial charge is 0.356 e. The molecule has 2 amide bonds. The molecule has 1 aliphatic rings. The molecule has 0 unspecified atom stereocenters. The standard InChI is InChI=1S/C14H20F2N4O2/c1-10(21)17-7-5-11-4-2-3-8-19(11)13(22)12-6-9-20(18-12)14(15)16/h6,9,11,14H,2-5,7-8H2,1H3,(H,17,21)/t11-/m1/s1.